The van der Waals surface area contributed by atoms with Gasteiger partial charge in [0, 0.05) is 24.0 Å². The van der Waals surface area contributed by atoms with E-state index in [4.69, 9.17) is 5.73 Å². The average Bonchev–Trinajstić information content (AvgIpc) is 2.85. The summed E-state index contributed by atoms with van der Waals surface area (Å²) in [5, 5.41) is 2.19. The molecule has 1 heterocycles. The van der Waals surface area contributed by atoms with Crippen molar-refractivity contribution in [1.82, 2.24) is 4.90 Å². The zero-order valence-electron chi connectivity index (χ0n) is 11.7. The molecule has 108 valence electrons. The lowest BCUT2D eigenvalue weighted by molar-refractivity contribution is 0.242. The van der Waals surface area contributed by atoms with E-state index in [1.54, 1.807) is 23.1 Å². The van der Waals surface area contributed by atoms with Crippen molar-refractivity contribution in [2.75, 3.05) is 19.8 Å². The van der Waals surface area contributed by atoms with Crippen LogP contribution in [-0.4, -0.2) is 24.7 Å². The Labute approximate surface area is 137 Å². The second kappa shape index (κ2) is 7.61. The van der Waals surface area contributed by atoms with Crippen molar-refractivity contribution in [3.05, 3.63) is 50.6 Å². The number of rotatable bonds is 6. The molecule has 0 saturated carbocycles. The predicted octanol–water partition coefficient (Wildman–Crippen LogP) is 4.36. The van der Waals surface area contributed by atoms with E-state index >= 15 is 0 Å². The maximum absolute atomic E-state index is 5.98. The van der Waals surface area contributed by atoms with Gasteiger partial charge in [-0.2, -0.15) is 0 Å². The van der Waals surface area contributed by atoms with E-state index in [1.165, 1.54) is 19.8 Å². The Morgan fingerprint density at radius 3 is 2.55 bits per heavy atom. The largest absolute Gasteiger partial charge is 0.329 e. The van der Waals surface area contributed by atoms with Gasteiger partial charge in [0.05, 0.1) is 3.79 Å². The molecule has 0 radical (unpaired) electrons. The molecule has 0 aliphatic rings. The van der Waals surface area contributed by atoms with Crippen LogP contribution >= 0.6 is 39.0 Å². The summed E-state index contributed by atoms with van der Waals surface area (Å²) in [6.45, 7) is 1.54. The minimum Gasteiger partial charge on any atom is -0.329 e. The highest BCUT2D eigenvalue weighted by Gasteiger charge is 2.16. The first kappa shape index (κ1) is 16.0. The van der Waals surface area contributed by atoms with Crippen molar-refractivity contribution in [3.8, 4) is 0 Å². The van der Waals surface area contributed by atoms with Crippen LogP contribution in [0, 0.1) is 0 Å². The van der Waals surface area contributed by atoms with E-state index in [0.717, 1.165) is 6.54 Å². The topological polar surface area (TPSA) is 29.3 Å². The van der Waals surface area contributed by atoms with E-state index in [9.17, 15) is 0 Å². The molecule has 2 rings (SSSR count). The van der Waals surface area contributed by atoms with Crippen LogP contribution in [0.25, 0.3) is 0 Å². The molecule has 1 aromatic carbocycles. The highest BCUT2D eigenvalue weighted by atomic mass is 79.9. The fourth-order valence-corrected chi connectivity index (χ4v) is 3.83. The molecule has 1 unspecified atom stereocenters. The molecular weight excluding hydrogens is 352 g/mol. The molecule has 0 amide bonds. The van der Waals surface area contributed by atoms with Crippen molar-refractivity contribution < 1.29 is 0 Å². The maximum atomic E-state index is 5.98. The lowest BCUT2D eigenvalue weighted by Gasteiger charge is -2.27. The second-order valence-electron chi connectivity index (χ2n) is 4.70. The second-order valence-corrected chi connectivity index (χ2v) is 7.87. The monoisotopic (exact) mass is 370 g/mol. The fraction of sp³-hybridized carbons (Fsp3) is 0.333. The van der Waals surface area contributed by atoms with E-state index in [0.29, 0.717) is 6.54 Å². The zero-order valence-corrected chi connectivity index (χ0v) is 14.9. The first-order valence-electron chi connectivity index (χ1n) is 6.41. The Bertz CT molecular complexity index is 539. The van der Waals surface area contributed by atoms with Gasteiger partial charge in [0.25, 0.3) is 0 Å². The number of hydrogen-bond acceptors (Lipinski definition) is 4. The van der Waals surface area contributed by atoms with Crippen LogP contribution in [-0.2, 0) is 6.54 Å². The number of halogens is 1. The van der Waals surface area contributed by atoms with Crippen molar-refractivity contribution in [2.24, 2.45) is 5.73 Å². The van der Waals surface area contributed by atoms with Gasteiger partial charge in [-0.1, -0.05) is 12.1 Å². The Morgan fingerprint density at radius 2 is 2.05 bits per heavy atom. The summed E-state index contributed by atoms with van der Waals surface area (Å²) in [5.41, 5.74) is 8.58. The third-order valence-electron chi connectivity index (χ3n) is 3.31. The van der Waals surface area contributed by atoms with E-state index in [2.05, 4.69) is 69.8 Å². The van der Waals surface area contributed by atoms with E-state index < -0.39 is 0 Å². The maximum Gasteiger partial charge on any atom is 0.0701 e. The first-order valence-corrected chi connectivity index (χ1v) is 9.31. The number of thioether (sulfide) groups is 1. The first-order chi connectivity index (χ1) is 9.63. The summed E-state index contributed by atoms with van der Waals surface area (Å²) >= 11 is 6.99. The highest BCUT2D eigenvalue weighted by Crippen LogP contribution is 2.26. The lowest BCUT2D eigenvalue weighted by Crippen LogP contribution is -2.30. The number of nitrogens with two attached hydrogens (primary N) is 1. The summed E-state index contributed by atoms with van der Waals surface area (Å²) in [6, 6.07) is 11.1. The molecule has 2 aromatic rings. The van der Waals surface area contributed by atoms with Gasteiger partial charge in [-0.05, 0) is 63.9 Å². The normalized spacial score (nSPS) is 12.8. The molecule has 2 nitrogen and oxygen atoms in total. The Morgan fingerprint density at radius 1 is 1.35 bits per heavy atom. The highest BCUT2D eigenvalue weighted by molar-refractivity contribution is 9.11. The van der Waals surface area contributed by atoms with Crippen LogP contribution in [0.3, 0.4) is 0 Å². The number of nitrogens with zero attached hydrogens (tertiary/aromatic N) is 1. The van der Waals surface area contributed by atoms with Crippen LogP contribution < -0.4 is 5.73 Å². The van der Waals surface area contributed by atoms with Crippen molar-refractivity contribution in [2.45, 2.75) is 17.5 Å². The summed E-state index contributed by atoms with van der Waals surface area (Å²) in [5.74, 6) is 0. The van der Waals surface area contributed by atoms with Crippen molar-refractivity contribution in [1.29, 1.82) is 0 Å². The Hall–Kier alpha value is -0.330. The van der Waals surface area contributed by atoms with Gasteiger partial charge in [-0.25, -0.2) is 0 Å². The molecular formula is C15H19BrN2S2. The smallest absolute Gasteiger partial charge is 0.0701 e. The predicted molar refractivity (Wildman–Crippen MR) is 93.5 cm³/mol. The third kappa shape index (κ3) is 4.09. The summed E-state index contributed by atoms with van der Waals surface area (Å²) < 4.78 is 1.18. The van der Waals surface area contributed by atoms with Gasteiger partial charge in [-0.15, -0.1) is 23.1 Å². The van der Waals surface area contributed by atoms with Gasteiger partial charge in [0.1, 0.15) is 0 Å². The zero-order chi connectivity index (χ0) is 14.5. The van der Waals surface area contributed by atoms with E-state index in [1.807, 2.05) is 0 Å². The summed E-state index contributed by atoms with van der Waals surface area (Å²) in [6.07, 6.45) is 2.09. The molecule has 1 aromatic heterocycles. The van der Waals surface area contributed by atoms with Crippen LogP contribution in [0.1, 0.15) is 17.2 Å². The number of thiophene rings is 1. The number of likely N-dealkylation sites (N-methyl/N-ethyl adjacent to an activating group) is 1. The van der Waals surface area contributed by atoms with Crippen LogP contribution in [0.2, 0.25) is 0 Å². The standard InChI is InChI=1S/C15H19BrN2S2/c1-18(9-11-7-15(16)20-10-11)14(8-17)12-3-5-13(19-2)6-4-12/h3-7,10,14H,8-9,17H2,1-2H3. The third-order valence-corrected chi connectivity index (χ3v) is 5.61. The Balaban J connectivity index is 2.09. The minimum atomic E-state index is 0.254. The van der Waals surface area contributed by atoms with Gasteiger partial charge >= 0.3 is 0 Å². The molecule has 5 heteroatoms. The molecule has 0 bridgehead atoms. The minimum absolute atomic E-state index is 0.254. The summed E-state index contributed by atoms with van der Waals surface area (Å²) in [4.78, 5) is 3.59. The molecule has 20 heavy (non-hydrogen) atoms. The molecule has 0 aliphatic heterocycles. The van der Waals surface area contributed by atoms with E-state index in [-0.39, 0.29) is 6.04 Å². The number of benzene rings is 1. The molecule has 0 fully saturated rings. The molecule has 2 N–H and O–H groups in total. The average molecular weight is 371 g/mol. The summed E-state index contributed by atoms with van der Waals surface area (Å²) in [7, 11) is 2.13. The van der Waals surface area contributed by atoms with Crippen LogP contribution in [0.15, 0.2) is 44.4 Å². The molecule has 0 saturated heterocycles. The quantitative estimate of drug-likeness (QED) is 0.765. The number of hydrogen-bond donors (Lipinski definition) is 1. The van der Waals surface area contributed by atoms with Crippen molar-refractivity contribution in [3.63, 3.8) is 0 Å². The van der Waals surface area contributed by atoms with Crippen molar-refractivity contribution >= 4 is 39.0 Å². The van der Waals surface area contributed by atoms with Gasteiger partial charge in [0.2, 0.25) is 0 Å². The fourth-order valence-electron chi connectivity index (χ4n) is 2.22. The van der Waals surface area contributed by atoms with Crippen LogP contribution in [0.5, 0.6) is 0 Å². The van der Waals surface area contributed by atoms with Crippen LogP contribution in [0.4, 0.5) is 0 Å². The van der Waals surface area contributed by atoms with Gasteiger partial charge in [-0.3, -0.25) is 4.90 Å². The molecule has 0 spiro atoms. The van der Waals surface area contributed by atoms with Gasteiger partial charge < -0.3 is 5.73 Å². The lowest BCUT2D eigenvalue weighted by atomic mass is 10.1. The molecule has 0 aliphatic carbocycles. The Kier molecular flexibility index (Phi) is 6.11. The van der Waals surface area contributed by atoms with Gasteiger partial charge in [0.15, 0.2) is 0 Å². The molecule has 1 atom stereocenters. The SMILES string of the molecule is CSc1ccc(C(CN)N(C)Cc2csc(Br)c2)cc1.